The maximum atomic E-state index is 9.33. The molecule has 1 heterocycles. The van der Waals surface area contributed by atoms with Crippen LogP contribution in [-0.4, -0.2) is 47.0 Å². The molecule has 0 radical (unpaired) electrons. The Hall–Kier alpha value is -0.120. The van der Waals surface area contributed by atoms with Gasteiger partial charge in [0, 0.05) is 12.6 Å². The van der Waals surface area contributed by atoms with Gasteiger partial charge in [-0.25, -0.2) is 0 Å². The second kappa shape index (κ2) is 4.04. The zero-order valence-electron chi connectivity index (χ0n) is 7.03. The number of aliphatic hydroxyl groups excluding tert-OH is 2. The van der Waals surface area contributed by atoms with Crippen LogP contribution >= 0.6 is 0 Å². The molecule has 0 spiro atoms. The molecule has 1 rings (SSSR count). The van der Waals surface area contributed by atoms with Gasteiger partial charge in [0.2, 0.25) is 0 Å². The van der Waals surface area contributed by atoms with Crippen molar-refractivity contribution in [2.75, 3.05) is 19.7 Å². The second-order valence-corrected chi connectivity index (χ2v) is 3.21. The highest BCUT2D eigenvalue weighted by Gasteiger charge is 2.27. The number of aliphatic hydroxyl groups is 2. The molecule has 3 heteroatoms. The fourth-order valence-electron chi connectivity index (χ4n) is 1.80. The molecule has 0 aromatic carbocycles. The Morgan fingerprint density at radius 2 is 2.36 bits per heavy atom. The first-order valence-corrected chi connectivity index (χ1v) is 4.28. The first-order chi connectivity index (χ1) is 5.25. The van der Waals surface area contributed by atoms with E-state index < -0.39 is 0 Å². The van der Waals surface area contributed by atoms with E-state index in [0.29, 0.717) is 6.54 Å². The Kier molecular flexibility index (Phi) is 3.30. The summed E-state index contributed by atoms with van der Waals surface area (Å²) in [7, 11) is 0. The number of hydrogen-bond donors (Lipinski definition) is 2. The Labute approximate surface area is 67.6 Å². The summed E-state index contributed by atoms with van der Waals surface area (Å²) in [5, 5.41) is 18.0. The molecule has 0 bridgehead atoms. The van der Waals surface area contributed by atoms with Crippen LogP contribution in [0.25, 0.3) is 0 Å². The van der Waals surface area contributed by atoms with Gasteiger partial charge < -0.3 is 10.2 Å². The van der Waals surface area contributed by atoms with E-state index in [1.54, 1.807) is 0 Å². The van der Waals surface area contributed by atoms with Crippen molar-refractivity contribution in [3.05, 3.63) is 0 Å². The molecule has 66 valence electrons. The Morgan fingerprint density at radius 3 is 2.91 bits per heavy atom. The van der Waals surface area contributed by atoms with E-state index in [1.165, 1.54) is 0 Å². The number of likely N-dealkylation sites (tertiary alicyclic amines) is 1. The molecule has 3 nitrogen and oxygen atoms in total. The maximum absolute atomic E-state index is 9.33. The molecule has 1 saturated heterocycles. The maximum Gasteiger partial charge on any atom is 0.0667 e. The van der Waals surface area contributed by atoms with Gasteiger partial charge in [0.25, 0.3) is 0 Å². The van der Waals surface area contributed by atoms with E-state index >= 15 is 0 Å². The summed E-state index contributed by atoms with van der Waals surface area (Å²) in [5.74, 6) is 0. The van der Waals surface area contributed by atoms with Crippen molar-refractivity contribution in [1.82, 2.24) is 4.90 Å². The highest BCUT2D eigenvalue weighted by molar-refractivity contribution is 4.82. The van der Waals surface area contributed by atoms with Crippen molar-refractivity contribution in [2.45, 2.75) is 31.9 Å². The number of hydrogen-bond acceptors (Lipinski definition) is 3. The van der Waals surface area contributed by atoms with E-state index in [0.717, 1.165) is 19.4 Å². The van der Waals surface area contributed by atoms with Crippen LogP contribution in [0.5, 0.6) is 0 Å². The topological polar surface area (TPSA) is 43.7 Å². The predicted molar refractivity (Wildman–Crippen MR) is 43.4 cm³/mol. The predicted octanol–water partition coefficient (Wildman–Crippen LogP) is -0.176. The molecule has 0 aliphatic carbocycles. The zero-order valence-corrected chi connectivity index (χ0v) is 7.03. The van der Waals surface area contributed by atoms with E-state index in [4.69, 9.17) is 5.11 Å². The Morgan fingerprint density at radius 1 is 1.64 bits per heavy atom. The van der Waals surface area contributed by atoms with Crippen molar-refractivity contribution in [1.29, 1.82) is 0 Å². The SMILES string of the molecule is C[C@H](O)[C@H]1CCCN1CCO. The molecule has 2 N–H and O–H groups in total. The molecule has 0 unspecified atom stereocenters. The lowest BCUT2D eigenvalue weighted by Crippen LogP contribution is -2.38. The normalized spacial score (nSPS) is 29.2. The van der Waals surface area contributed by atoms with Crippen LogP contribution in [0.2, 0.25) is 0 Å². The highest BCUT2D eigenvalue weighted by atomic mass is 16.3. The average molecular weight is 159 g/mol. The number of β-amino-alcohol motifs (C(OH)–C–C–N with tert-alkyl or cyclic N) is 1. The molecule has 0 aromatic rings. The standard InChI is InChI=1S/C8H17NO2/c1-7(11)8-3-2-4-9(8)5-6-10/h7-8,10-11H,2-6H2,1H3/t7-,8+/m0/s1. The minimum absolute atomic E-state index is 0.198. The smallest absolute Gasteiger partial charge is 0.0667 e. The molecule has 2 atom stereocenters. The van der Waals surface area contributed by atoms with Crippen molar-refractivity contribution < 1.29 is 10.2 Å². The fourth-order valence-corrected chi connectivity index (χ4v) is 1.80. The molecule has 1 aliphatic heterocycles. The van der Waals surface area contributed by atoms with E-state index in [1.807, 2.05) is 6.92 Å². The number of rotatable bonds is 3. The fraction of sp³-hybridized carbons (Fsp3) is 1.00. The van der Waals surface area contributed by atoms with Crippen molar-refractivity contribution in [3.63, 3.8) is 0 Å². The Bertz CT molecular complexity index is 117. The van der Waals surface area contributed by atoms with Crippen LogP contribution in [0.15, 0.2) is 0 Å². The van der Waals surface area contributed by atoms with Crippen LogP contribution in [0, 0.1) is 0 Å². The summed E-state index contributed by atoms with van der Waals surface area (Å²) in [6.45, 7) is 3.75. The molecule has 0 aromatic heterocycles. The van der Waals surface area contributed by atoms with Gasteiger partial charge in [-0.2, -0.15) is 0 Å². The third-order valence-electron chi connectivity index (χ3n) is 2.36. The highest BCUT2D eigenvalue weighted by Crippen LogP contribution is 2.19. The van der Waals surface area contributed by atoms with Gasteiger partial charge in [-0.3, -0.25) is 4.90 Å². The summed E-state index contributed by atoms with van der Waals surface area (Å²) in [5.41, 5.74) is 0. The van der Waals surface area contributed by atoms with Gasteiger partial charge in [-0.05, 0) is 26.3 Å². The van der Waals surface area contributed by atoms with Gasteiger partial charge in [0.1, 0.15) is 0 Å². The van der Waals surface area contributed by atoms with Gasteiger partial charge in [0.05, 0.1) is 12.7 Å². The van der Waals surface area contributed by atoms with Gasteiger partial charge >= 0.3 is 0 Å². The van der Waals surface area contributed by atoms with Crippen LogP contribution in [0.3, 0.4) is 0 Å². The zero-order chi connectivity index (χ0) is 8.27. The largest absolute Gasteiger partial charge is 0.395 e. The molecule has 0 saturated carbocycles. The minimum atomic E-state index is -0.260. The molecule has 11 heavy (non-hydrogen) atoms. The van der Waals surface area contributed by atoms with Crippen LogP contribution in [0.1, 0.15) is 19.8 Å². The third-order valence-corrected chi connectivity index (χ3v) is 2.36. The van der Waals surface area contributed by atoms with Crippen molar-refractivity contribution in [3.8, 4) is 0 Å². The lowest BCUT2D eigenvalue weighted by molar-refractivity contribution is 0.0759. The quantitative estimate of drug-likeness (QED) is 0.600. The lowest BCUT2D eigenvalue weighted by atomic mass is 10.1. The Balaban J connectivity index is 2.37. The summed E-state index contributed by atoms with van der Waals surface area (Å²) in [6.07, 6.45) is 1.96. The van der Waals surface area contributed by atoms with Crippen LogP contribution in [-0.2, 0) is 0 Å². The average Bonchev–Trinajstić information content (AvgIpc) is 2.36. The van der Waals surface area contributed by atoms with Crippen LogP contribution in [0.4, 0.5) is 0 Å². The van der Waals surface area contributed by atoms with Gasteiger partial charge in [0.15, 0.2) is 0 Å². The van der Waals surface area contributed by atoms with Crippen LogP contribution < -0.4 is 0 Å². The molecular weight excluding hydrogens is 142 g/mol. The summed E-state index contributed by atoms with van der Waals surface area (Å²) >= 11 is 0. The van der Waals surface area contributed by atoms with E-state index in [9.17, 15) is 5.11 Å². The van der Waals surface area contributed by atoms with Crippen molar-refractivity contribution in [2.24, 2.45) is 0 Å². The van der Waals surface area contributed by atoms with Crippen molar-refractivity contribution >= 4 is 0 Å². The summed E-state index contributed by atoms with van der Waals surface area (Å²) < 4.78 is 0. The summed E-state index contributed by atoms with van der Waals surface area (Å²) in [4.78, 5) is 2.16. The second-order valence-electron chi connectivity index (χ2n) is 3.21. The third kappa shape index (κ3) is 2.15. The first-order valence-electron chi connectivity index (χ1n) is 4.28. The lowest BCUT2D eigenvalue weighted by Gasteiger charge is -2.25. The molecule has 1 fully saturated rings. The van der Waals surface area contributed by atoms with E-state index in [-0.39, 0.29) is 18.8 Å². The molecule has 1 aliphatic rings. The van der Waals surface area contributed by atoms with Gasteiger partial charge in [-0.1, -0.05) is 0 Å². The molecule has 0 amide bonds. The first kappa shape index (κ1) is 8.97. The number of nitrogens with zero attached hydrogens (tertiary/aromatic N) is 1. The minimum Gasteiger partial charge on any atom is -0.395 e. The van der Waals surface area contributed by atoms with Gasteiger partial charge in [-0.15, -0.1) is 0 Å². The van der Waals surface area contributed by atoms with E-state index in [2.05, 4.69) is 4.90 Å². The monoisotopic (exact) mass is 159 g/mol. The molecular formula is C8H17NO2. The summed E-state index contributed by atoms with van der Waals surface area (Å²) in [6, 6.07) is 0.280.